The molecule has 3 rings (SSSR count). The van der Waals surface area contributed by atoms with Crippen molar-refractivity contribution in [3.05, 3.63) is 12.7 Å². The van der Waals surface area contributed by atoms with Crippen LogP contribution in [0.15, 0.2) is 12.7 Å². The second-order valence-corrected chi connectivity index (χ2v) is 5.89. The molecule has 0 amide bonds. The summed E-state index contributed by atoms with van der Waals surface area (Å²) in [5, 5.41) is 9.43. The number of aromatic nitrogens is 4. The van der Waals surface area contributed by atoms with Crippen molar-refractivity contribution < 1.29 is 28.7 Å². The summed E-state index contributed by atoms with van der Waals surface area (Å²) < 4.78 is 21.7. The lowest BCUT2D eigenvalue weighted by atomic mass is 9.95. The highest BCUT2D eigenvalue weighted by Crippen LogP contribution is 2.40. The first-order chi connectivity index (χ1) is 10.4. The highest BCUT2D eigenvalue weighted by atomic mass is 31.2. The fraction of sp³-hybridized carbons (Fsp3) is 0.500. The third-order valence-electron chi connectivity index (χ3n) is 3.43. The number of nitrogen functional groups attached to an aromatic ring is 1. The van der Waals surface area contributed by atoms with Gasteiger partial charge in [-0.05, 0) is 0 Å². The van der Waals surface area contributed by atoms with Crippen molar-refractivity contribution in [2.24, 2.45) is 5.92 Å². The zero-order valence-corrected chi connectivity index (χ0v) is 12.0. The highest BCUT2D eigenvalue weighted by Gasteiger charge is 2.44. The van der Waals surface area contributed by atoms with Crippen LogP contribution in [0.2, 0.25) is 0 Å². The second-order valence-electron chi connectivity index (χ2n) is 4.74. The molecule has 1 aliphatic heterocycles. The van der Waals surface area contributed by atoms with E-state index >= 15 is 0 Å². The number of phosphoric ester groups is 1. The normalized spacial score (nSPS) is 25.3. The maximum Gasteiger partial charge on any atom is 0.167 e. The van der Waals surface area contributed by atoms with Gasteiger partial charge in [0.2, 0.25) is 0 Å². The molecule has 0 aliphatic carbocycles. The van der Waals surface area contributed by atoms with Gasteiger partial charge in [-0.1, -0.05) is 0 Å². The summed E-state index contributed by atoms with van der Waals surface area (Å²) in [6.07, 6.45) is 1.37. The zero-order valence-electron chi connectivity index (χ0n) is 11.1. The SMILES string of the molecule is Nc1ncnc2c1ncn2[C@@H]1O[C@H](COP(=O)([O-])[O-])[C@H]1CO. The summed E-state index contributed by atoms with van der Waals surface area (Å²) in [5.74, 6) is -0.262. The van der Waals surface area contributed by atoms with Crippen LogP contribution in [0.1, 0.15) is 6.23 Å². The third-order valence-corrected chi connectivity index (χ3v) is 3.89. The number of hydrogen-bond acceptors (Lipinski definition) is 10. The molecule has 3 N–H and O–H groups in total. The first kappa shape index (κ1) is 15.3. The number of anilines is 1. The van der Waals surface area contributed by atoms with Gasteiger partial charge in [0.1, 0.15) is 18.1 Å². The van der Waals surface area contributed by atoms with Crippen molar-refractivity contribution in [3.63, 3.8) is 0 Å². The molecular weight excluding hydrogens is 317 g/mol. The molecule has 120 valence electrons. The number of nitrogens with zero attached hydrogens (tertiary/aromatic N) is 4. The largest absolute Gasteiger partial charge is 0.790 e. The van der Waals surface area contributed by atoms with E-state index in [4.69, 9.17) is 10.5 Å². The van der Waals surface area contributed by atoms with Crippen molar-refractivity contribution in [3.8, 4) is 0 Å². The number of aliphatic hydroxyl groups is 1. The Labute approximate surface area is 124 Å². The number of phosphoric acid groups is 1. The maximum atomic E-state index is 10.5. The third kappa shape index (κ3) is 2.70. The number of imidazole rings is 1. The summed E-state index contributed by atoms with van der Waals surface area (Å²) in [6.45, 7) is -0.739. The molecule has 0 saturated carbocycles. The molecule has 0 bridgehead atoms. The lowest BCUT2D eigenvalue weighted by Gasteiger charge is -2.45. The smallest absolute Gasteiger partial charge is 0.167 e. The Hall–Kier alpha value is -1.62. The molecule has 11 nitrogen and oxygen atoms in total. The number of aliphatic hydroxyl groups excluding tert-OH is 1. The maximum absolute atomic E-state index is 10.5. The molecule has 22 heavy (non-hydrogen) atoms. The molecule has 0 aromatic carbocycles. The number of nitrogens with two attached hydrogens (primary N) is 1. The lowest BCUT2D eigenvalue weighted by molar-refractivity contribution is -0.347. The van der Waals surface area contributed by atoms with Gasteiger partial charge in [-0.25, -0.2) is 15.0 Å². The molecule has 12 heteroatoms. The fourth-order valence-corrected chi connectivity index (χ4v) is 2.67. The Kier molecular flexibility index (Phi) is 3.85. The van der Waals surface area contributed by atoms with Crippen molar-refractivity contribution in [2.75, 3.05) is 18.9 Å². The molecule has 0 radical (unpaired) electrons. The van der Waals surface area contributed by atoms with Crippen LogP contribution in [-0.4, -0.2) is 43.9 Å². The Morgan fingerprint density at radius 1 is 1.45 bits per heavy atom. The molecule has 0 unspecified atom stereocenters. The van der Waals surface area contributed by atoms with Crippen molar-refractivity contribution in [2.45, 2.75) is 12.3 Å². The predicted octanol–water partition coefficient (Wildman–Crippen LogP) is -2.24. The van der Waals surface area contributed by atoms with Crippen LogP contribution in [0.5, 0.6) is 0 Å². The van der Waals surface area contributed by atoms with Gasteiger partial charge in [0, 0.05) is 0 Å². The summed E-state index contributed by atoms with van der Waals surface area (Å²) in [5.41, 5.74) is 6.50. The van der Waals surface area contributed by atoms with E-state index in [-0.39, 0.29) is 12.4 Å². The van der Waals surface area contributed by atoms with E-state index in [1.54, 1.807) is 4.57 Å². The van der Waals surface area contributed by atoms with E-state index in [9.17, 15) is 19.5 Å². The van der Waals surface area contributed by atoms with Crippen molar-refractivity contribution in [1.82, 2.24) is 19.5 Å². The quantitative estimate of drug-likeness (QED) is 0.571. The van der Waals surface area contributed by atoms with Crippen LogP contribution >= 0.6 is 7.82 Å². The average Bonchev–Trinajstić information content (AvgIpc) is 2.82. The molecule has 3 heterocycles. The van der Waals surface area contributed by atoms with E-state index in [1.807, 2.05) is 0 Å². The van der Waals surface area contributed by atoms with Crippen LogP contribution in [0.25, 0.3) is 11.2 Å². The molecular formula is C10H12N5O6P-2. The molecule has 1 saturated heterocycles. The first-order valence-corrected chi connectivity index (χ1v) is 7.72. The van der Waals surface area contributed by atoms with Gasteiger partial charge < -0.3 is 34.5 Å². The minimum atomic E-state index is -5.08. The number of hydrogen-bond donors (Lipinski definition) is 2. The summed E-state index contributed by atoms with van der Waals surface area (Å²) in [4.78, 5) is 32.9. The molecule has 0 spiro atoms. The first-order valence-electron chi connectivity index (χ1n) is 6.26. The number of rotatable bonds is 5. The summed E-state index contributed by atoms with van der Waals surface area (Å²) in [7, 11) is -5.08. The molecule has 1 aliphatic rings. The van der Waals surface area contributed by atoms with Gasteiger partial charge in [0.05, 0.1) is 39.4 Å². The van der Waals surface area contributed by atoms with Gasteiger partial charge in [-0.3, -0.25) is 4.57 Å². The lowest BCUT2D eigenvalue weighted by Crippen LogP contribution is -2.50. The summed E-state index contributed by atoms with van der Waals surface area (Å²) in [6, 6.07) is 0. The minimum Gasteiger partial charge on any atom is -0.790 e. The van der Waals surface area contributed by atoms with Crippen LogP contribution < -0.4 is 15.5 Å². The monoisotopic (exact) mass is 329 g/mol. The van der Waals surface area contributed by atoms with E-state index in [0.717, 1.165) is 0 Å². The number of ether oxygens (including phenoxy) is 1. The van der Waals surface area contributed by atoms with Gasteiger partial charge in [0.15, 0.2) is 11.5 Å². The Bertz CT molecular complexity index is 732. The molecule has 1 fully saturated rings. The Morgan fingerprint density at radius 3 is 2.91 bits per heavy atom. The van der Waals surface area contributed by atoms with E-state index in [1.165, 1.54) is 12.7 Å². The van der Waals surface area contributed by atoms with Gasteiger partial charge in [0.25, 0.3) is 0 Å². The topological polar surface area (TPSA) is 172 Å². The zero-order chi connectivity index (χ0) is 15.9. The predicted molar refractivity (Wildman–Crippen MR) is 67.8 cm³/mol. The van der Waals surface area contributed by atoms with Crippen LogP contribution in [0.3, 0.4) is 0 Å². The Morgan fingerprint density at radius 2 is 2.23 bits per heavy atom. The fourth-order valence-electron chi connectivity index (χ4n) is 2.34. The van der Waals surface area contributed by atoms with Crippen LogP contribution in [0.4, 0.5) is 5.82 Å². The van der Waals surface area contributed by atoms with Crippen LogP contribution in [-0.2, 0) is 13.8 Å². The van der Waals surface area contributed by atoms with Gasteiger partial charge in [-0.2, -0.15) is 0 Å². The van der Waals surface area contributed by atoms with Crippen LogP contribution in [0, 0.1) is 5.92 Å². The standard InChI is InChI=1S/C10H14N5O6P/c11-8-7-9(13-3-12-8)15(4-14-7)10-5(1-16)6(21-10)2-20-22(17,18)19/h3-6,10,16H,1-2H2,(H2,11,12,13)(H2,17,18,19)/p-2/t5-,6-,10-/m1/s1. The van der Waals surface area contributed by atoms with E-state index in [2.05, 4.69) is 19.5 Å². The van der Waals surface area contributed by atoms with E-state index in [0.29, 0.717) is 11.2 Å². The van der Waals surface area contributed by atoms with Crippen molar-refractivity contribution >= 4 is 24.8 Å². The average molecular weight is 329 g/mol. The second kappa shape index (κ2) is 5.54. The van der Waals surface area contributed by atoms with Gasteiger partial charge in [-0.15, -0.1) is 0 Å². The Balaban J connectivity index is 1.78. The molecule has 3 atom stereocenters. The van der Waals surface area contributed by atoms with Crippen molar-refractivity contribution in [1.29, 1.82) is 0 Å². The highest BCUT2D eigenvalue weighted by molar-refractivity contribution is 7.43. The minimum absolute atomic E-state index is 0.210. The summed E-state index contributed by atoms with van der Waals surface area (Å²) >= 11 is 0. The van der Waals surface area contributed by atoms with E-state index < -0.39 is 32.7 Å². The number of fused-ring (bicyclic) bond motifs is 1. The van der Waals surface area contributed by atoms with Gasteiger partial charge >= 0.3 is 0 Å². The molecule has 2 aromatic heterocycles. The molecule has 2 aromatic rings.